The maximum atomic E-state index is 13.0. The van der Waals surface area contributed by atoms with Crippen LogP contribution in [0.15, 0.2) is 0 Å². The van der Waals surface area contributed by atoms with Crippen molar-refractivity contribution in [2.75, 3.05) is 6.61 Å². The van der Waals surface area contributed by atoms with Crippen LogP contribution in [0.5, 0.6) is 0 Å². The van der Waals surface area contributed by atoms with E-state index in [2.05, 4.69) is 19.2 Å². The molecule has 1 amide bonds. The number of hydrogen-bond acceptors (Lipinski definition) is 11. The second-order valence-corrected chi connectivity index (χ2v) is 18.9. The first-order chi connectivity index (χ1) is 28.3. The lowest BCUT2D eigenvalue weighted by molar-refractivity contribution is -0.220. The number of hydrogen-bond donors (Lipinski definition) is 9. The Hall–Kier alpha value is -0.700. The Labute approximate surface area is 358 Å². The molecule has 0 aromatic carbocycles. The van der Waals surface area contributed by atoms with Gasteiger partial charge in [0.1, 0.15) is 36.6 Å². The van der Waals surface area contributed by atoms with Crippen molar-refractivity contribution in [1.29, 1.82) is 0 Å². The molecule has 8 unspecified atom stereocenters. The van der Waals surface area contributed by atoms with Crippen LogP contribution in [-0.4, -0.2) is 108 Å². The molecular weight excluding hydrogens is 777 g/mol. The Kier molecular flexibility index (Phi) is 34.1. The van der Waals surface area contributed by atoms with Gasteiger partial charge in [0.05, 0.1) is 31.3 Å². The highest BCUT2D eigenvalue weighted by Gasteiger charge is 2.51. The van der Waals surface area contributed by atoms with Crippen molar-refractivity contribution in [1.82, 2.24) is 5.32 Å². The van der Waals surface area contributed by atoms with Crippen molar-refractivity contribution in [2.45, 2.75) is 274 Å². The summed E-state index contributed by atoms with van der Waals surface area (Å²) >= 11 is 0. The summed E-state index contributed by atoms with van der Waals surface area (Å²) < 4.78 is 22.9. The standard InChI is InChI=1S/C45H90NO12P/c1-3-5-7-9-11-13-15-17-18-19-21-22-24-26-28-30-32-36(47)34-39(49)46-37(38(48)33-31-29-27-25-23-20-16-14-12-10-8-6-4-2)35-57-59(55,56)58-45-43(53)41(51)40(50)42(52)44(45)54/h36-38,40-45,47-48,50-54H,3-35H2,1-2H3,(H,46,49)(H,55,56). The molecule has 1 saturated carbocycles. The van der Waals surface area contributed by atoms with E-state index in [1.165, 1.54) is 128 Å². The Morgan fingerprint density at radius 1 is 0.525 bits per heavy atom. The zero-order valence-corrected chi connectivity index (χ0v) is 38.1. The molecule has 0 spiro atoms. The zero-order chi connectivity index (χ0) is 43.7. The lowest BCUT2D eigenvalue weighted by Crippen LogP contribution is -2.64. The second-order valence-electron chi connectivity index (χ2n) is 17.5. The molecule has 59 heavy (non-hydrogen) atoms. The van der Waals surface area contributed by atoms with Crippen LogP contribution < -0.4 is 5.32 Å². The van der Waals surface area contributed by atoms with E-state index in [0.717, 1.165) is 51.4 Å². The third-order valence-corrected chi connectivity index (χ3v) is 13.0. The van der Waals surface area contributed by atoms with E-state index in [-0.39, 0.29) is 12.8 Å². The highest BCUT2D eigenvalue weighted by atomic mass is 31.2. The first-order valence-corrected chi connectivity index (χ1v) is 25.6. The Morgan fingerprint density at radius 3 is 1.22 bits per heavy atom. The van der Waals surface area contributed by atoms with Crippen molar-refractivity contribution < 1.29 is 59.0 Å². The maximum absolute atomic E-state index is 13.0. The minimum absolute atomic E-state index is 0.216. The lowest BCUT2D eigenvalue weighted by atomic mass is 9.85. The third kappa shape index (κ3) is 27.9. The van der Waals surface area contributed by atoms with E-state index >= 15 is 0 Å². The van der Waals surface area contributed by atoms with Crippen molar-refractivity contribution in [2.24, 2.45) is 0 Å². The van der Waals surface area contributed by atoms with Crippen molar-refractivity contribution in [3.63, 3.8) is 0 Å². The summed E-state index contributed by atoms with van der Waals surface area (Å²) in [5.74, 6) is -0.556. The van der Waals surface area contributed by atoms with E-state index in [9.17, 15) is 50.0 Å². The largest absolute Gasteiger partial charge is 0.472 e. The quantitative estimate of drug-likeness (QED) is 0.0211. The molecule has 14 heteroatoms. The summed E-state index contributed by atoms with van der Waals surface area (Å²) in [7, 11) is -5.11. The fourth-order valence-corrected chi connectivity index (χ4v) is 8.98. The van der Waals surface area contributed by atoms with Gasteiger partial charge in [0.25, 0.3) is 0 Å². The Morgan fingerprint density at radius 2 is 0.847 bits per heavy atom. The molecule has 13 nitrogen and oxygen atoms in total. The van der Waals surface area contributed by atoms with Gasteiger partial charge in [-0.15, -0.1) is 0 Å². The zero-order valence-electron chi connectivity index (χ0n) is 37.2. The van der Waals surface area contributed by atoms with Crippen LogP contribution in [0.3, 0.4) is 0 Å². The molecule has 0 radical (unpaired) electrons. The molecule has 9 N–H and O–H groups in total. The molecule has 0 bridgehead atoms. The Balaban J connectivity index is 2.49. The normalized spacial score (nSPS) is 23.5. The molecule has 1 aliphatic carbocycles. The van der Waals surface area contributed by atoms with Gasteiger partial charge < -0.3 is 46.0 Å². The average molecular weight is 868 g/mol. The van der Waals surface area contributed by atoms with Gasteiger partial charge in [-0.2, -0.15) is 0 Å². The molecular formula is C45H90NO12P. The van der Waals surface area contributed by atoms with Gasteiger partial charge >= 0.3 is 7.82 Å². The van der Waals surface area contributed by atoms with Gasteiger partial charge in [-0.3, -0.25) is 13.8 Å². The van der Waals surface area contributed by atoms with Gasteiger partial charge in [0.2, 0.25) is 5.91 Å². The van der Waals surface area contributed by atoms with Crippen LogP contribution in [0.1, 0.15) is 219 Å². The van der Waals surface area contributed by atoms with E-state index in [1.54, 1.807) is 0 Å². The molecule has 1 rings (SSSR count). The van der Waals surface area contributed by atoms with E-state index in [4.69, 9.17) is 9.05 Å². The fourth-order valence-electron chi connectivity index (χ4n) is 8.01. The summed E-state index contributed by atoms with van der Waals surface area (Å²) in [5.41, 5.74) is 0. The minimum atomic E-state index is -5.11. The number of unbranched alkanes of at least 4 members (excludes halogenated alkanes) is 27. The third-order valence-electron chi connectivity index (χ3n) is 12.0. The average Bonchev–Trinajstić information content (AvgIpc) is 3.21. The number of carbonyl (C=O) groups is 1. The molecule has 1 aliphatic rings. The number of rotatable bonds is 40. The molecule has 1 fully saturated rings. The molecule has 8 atom stereocenters. The number of aliphatic hydroxyl groups excluding tert-OH is 7. The van der Waals surface area contributed by atoms with Gasteiger partial charge in [0.15, 0.2) is 0 Å². The predicted molar refractivity (Wildman–Crippen MR) is 234 cm³/mol. The molecule has 0 aromatic rings. The van der Waals surface area contributed by atoms with Gasteiger partial charge in [-0.25, -0.2) is 4.57 Å². The molecule has 0 aliphatic heterocycles. The van der Waals surface area contributed by atoms with Crippen molar-refractivity contribution in [3.05, 3.63) is 0 Å². The first kappa shape index (κ1) is 56.3. The van der Waals surface area contributed by atoms with Crippen LogP contribution in [0.2, 0.25) is 0 Å². The number of amides is 1. The van der Waals surface area contributed by atoms with Crippen molar-refractivity contribution in [3.8, 4) is 0 Å². The van der Waals surface area contributed by atoms with E-state index < -0.39 is 75.2 Å². The number of aliphatic hydroxyl groups is 7. The fraction of sp³-hybridized carbons (Fsp3) is 0.978. The topological polar surface area (TPSA) is 226 Å². The smallest absolute Gasteiger partial charge is 0.393 e. The molecule has 352 valence electrons. The SMILES string of the molecule is CCCCCCCCCCCCCCCCCCC(O)CC(=O)NC(COP(=O)(O)OC1C(O)C(O)C(O)C(O)C1O)C(O)CCCCCCCCCCCCCCC. The number of phosphoric ester groups is 1. The van der Waals surface area contributed by atoms with Gasteiger partial charge in [-0.1, -0.05) is 200 Å². The van der Waals surface area contributed by atoms with E-state index in [1.807, 2.05) is 0 Å². The summed E-state index contributed by atoms with van der Waals surface area (Å²) in [6.45, 7) is 3.80. The highest BCUT2D eigenvalue weighted by Crippen LogP contribution is 2.47. The summed E-state index contributed by atoms with van der Waals surface area (Å²) in [5, 5.41) is 74.6. The van der Waals surface area contributed by atoms with Crippen LogP contribution in [0, 0.1) is 0 Å². The van der Waals surface area contributed by atoms with Crippen molar-refractivity contribution >= 4 is 13.7 Å². The minimum Gasteiger partial charge on any atom is -0.393 e. The summed E-state index contributed by atoms with van der Waals surface area (Å²) in [6, 6.07) is -1.15. The summed E-state index contributed by atoms with van der Waals surface area (Å²) in [4.78, 5) is 23.5. The van der Waals surface area contributed by atoms with E-state index in [0.29, 0.717) is 12.8 Å². The molecule has 0 aromatic heterocycles. The number of nitrogens with one attached hydrogen (secondary N) is 1. The maximum Gasteiger partial charge on any atom is 0.472 e. The van der Waals surface area contributed by atoms with Crippen LogP contribution in [0.4, 0.5) is 0 Å². The lowest BCUT2D eigenvalue weighted by Gasteiger charge is -2.41. The number of phosphoric acid groups is 1. The molecule has 0 heterocycles. The predicted octanol–water partition coefficient (Wildman–Crippen LogP) is 8.04. The van der Waals surface area contributed by atoms with Crippen LogP contribution in [-0.2, 0) is 18.4 Å². The summed E-state index contributed by atoms with van der Waals surface area (Å²) in [6.07, 6.45) is 21.5. The number of carbonyl (C=O) groups excluding carboxylic acids is 1. The first-order valence-electron chi connectivity index (χ1n) is 24.1. The van der Waals surface area contributed by atoms with Gasteiger partial charge in [0, 0.05) is 0 Å². The van der Waals surface area contributed by atoms with Crippen LogP contribution in [0.25, 0.3) is 0 Å². The Bertz CT molecular complexity index is 1030. The monoisotopic (exact) mass is 868 g/mol. The van der Waals surface area contributed by atoms with Crippen LogP contribution >= 0.6 is 7.82 Å². The highest BCUT2D eigenvalue weighted by molar-refractivity contribution is 7.47. The second kappa shape index (κ2) is 35.7. The molecule has 0 saturated heterocycles. The van der Waals surface area contributed by atoms with Gasteiger partial charge in [-0.05, 0) is 12.8 Å².